The molecule has 0 radical (unpaired) electrons. The van der Waals surface area contributed by atoms with E-state index in [0.717, 1.165) is 33.2 Å². The van der Waals surface area contributed by atoms with Crippen molar-refractivity contribution in [3.05, 3.63) is 70.5 Å². The van der Waals surface area contributed by atoms with Crippen LogP contribution in [-0.2, 0) is 5.60 Å². The Kier molecular flexibility index (Phi) is 3.14. The van der Waals surface area contributed by atoms with E-state index in [1.807, 2.05) is 57.2 Å². The van der Waals surface area contributed by atoms with E-state index in [1.165, 1.54) is 0 Å². The Morgan fingerprint density at radius 1 is 0.952 bits per heavy atom. The summed E-state index contributed by atoms with van der Waals surface area (Å²) in [6.07, 6.45) is 0. The van der Waals surface area contributed by atoms with E-state index < -0.39 is 5.60 Å². The molecular weight excluding hydrogens is 260 g/mol. The molecule has 0 saturated heterocycles. The van der Waals surface area contributed by atoms with Gasteiger partial charge in [-0.05, 0) is 50.5 Å². The Labute approximate surface area is 125 Å². The normalized spacial score (nSPS) is 14.3. The van der Waals surface area contributed by atoms with Crippen LogP contribution >= 0.6 is 0 Å². The number of aliphatic hydroxyl groups is 1. The maximum Gasteiger partial charge on any atom is 0.144 e. The minimum atomic E-state index is -1.14. The van der Waals surface area contributed by atoms with Gasteiger partial charge in [-0.2, -0.15) is 0 Å². The summed E-state index contributed by atoms with van der Waals surface area (Å²) in [5, 5.41) is 12.1. The van der Waals surface area contributed by atoms with Crippen molar-refractivity contribution in [3.63, 3.8) is 0 Å². The van der Waals surface area contributed by atoms with Gasteiger partial charge in [0.15, 0.2) is 0 Å². The molecule has 2 nitrogen and oxygen atoms in total. The van der Waals surface area contributed by atoms with Gasteiger partial charge in [-0.25, -0.2) is 0 Å². The first kappa shape index (κ1) is 13.9. The molecule has 3 aromatic rings. The van der Waals surface area contributed by atoms with Gasteiger partial charge >= 0.3 is 0 Å². The predicted molar refractivity (Wildman–Crippen MR) is 85.5 cm³/mol. The van der Waals surface area contributed by atoms with Crippen LogP contribution in [0.5, 0.6) is 0 Å². The van der Waals surface area contributed by atoms with E-state index in [9.17, 15) is 5.11 Å². The van der Waals surface area contributed by atoms with E-state index in [-0.39, 0.29) is 0 Å². The Balaban J connectivity index is 2.19. The molecule has 2 heteroatoms. The fraction of sp³-hybridized carbons (Fsp3) is 0.263. The molecule has 1 aromatic heterocycles. The summed E-state index contributed by atoms with van der Waals surface area (Å²) < 4.78 is 5.96. The standard InChI is InChI=1S/C19H20O2/c1-12-8-9-13(2)16(10-12)19(4,20)17-11-15-7-5-6-14(3)18(15)21-17/h5-11,20H,1-4H3. The van der Waals surface area contributed by atoms with Crippen molar-refractivity contribution in [3.8, 4) is 0 Å². The molecule has 108 valence electrons. The zero-order chi connectivity index (χ0) is 15.2. The van der Waals surface area contributed by atoms with Gasteiger partial charge in [0.2, 0.25) is 0 Å². The monoisotopic (exact) mass is 280 g/mol. The summed E-state index contributed by atoms with van der Waals surface area (Å²) in [6, 6.07) is 14.1. The second kappa shape index (κ2) is 4.74. The van der Waals surface area contributed by atoms with E-state index in [4.69, 9.17) is 4.42 Å². The van der Waals surface area contributed by atoms with Crippen molar-refractivity contribution >= 4 is 11.0 Å². The molecule has 0 aliphatic heterocycles. The second-order valence-corrected chi connectivity index (χ2v) is 5.99. The Morgan fingerprint density at radius 2 is 1.71 bits per heavy atom. The third kappa shape index (κ3) is 2.26. The highest BCUT2D eigenvalue weighted by Gasteiger charge is 2.31. The Hall–Kier alpha value is -2.06. The average molecular weight is 280 g/mol. The van der Waals surface area contributed by atoms with Gasteiger partial charge < -0.3 is 9.52 Å². The molecule has 1 heterocycles. The van der Waals surface area contributed by atoms with Gasteiger partial charge in [0, 0.05) is 5.39 Å². The average Bonchev–Trinajstić information content (AvgIpc) is 2.88. The molecule has 0 saturated carbocycles. The molecule has 1 N–H and O–H groups in total. The highest BCUT2D eigenvalue weighted by atomic mass is 16.4. The van der Waals surface area contributed by atoms with Gasteiger partial charge in [0.1, 0.15) is 16.9 Å². The number of benzene rings is 2. The fourth-order valence-electron chi connectivity index (χ4n) is 2.84. The van der Waals surface area contributed by atoms with Gasteiger partial charge in [-0.15, -0.1) is 0 Å². The summed E-state index contributed by atoms with van der Waals surface area (Å²) in [5.74, 6) is 0.584. The lowest BCUT2D eigenvalue weighted by Crippen LogP contribution is -2.23. The molecule has 0 amide bonds. The highest BCUT2D eigenvalue weighted by Crippen LogP contribution is 2.36. The lowest BCUT2D eigenvalue weighted by Gasteiger charge is -2.24. The van der Waals surface area contributed by atoms with Crippen LogP contribution in [0.4, 0.5) is 0 Å². The minimum absolute atomic E-state index is 0.584. The van der Waals surface area contributed by atoms with Crippen molar-refractivity contribution < 1.29 is 9.52 Å². The first-order valence-corrected chi connectivity index (χ1v) is 7.19. The molecule has 0 fully saturated rings. The highest BCUT2D eigenvalue weighted by molar-refractivity contribution is 5.81. The first-order chi connectivity index (χ1) is 9.89. The van der Waals surface area contributed by atoms with Gasteiger partial charge in [-0.3, -0.25) is 0 Å². The van der Waals surface area contributed by atoms with Crippen LogP contribution in [0, 0.1) is 20.8 Å². The molecule has 1 unspecified atom stereocenters. The van der Waals surface area contributed by atoms with Crippen molar-refractivity contribution in [2.24, 2.45) is 0 Å². The molecule has 21 heavy (non-hydrogen) atoms. The summed E-state index contributed by atoms with van der Waals surface area (Å²) in [7, 11) is 0. The number of fused-ring (bicyclic) bond motifs is 1. The molecule has 0 spiro atoms. The SMILES string of the molecule is Cc1ccc(C)c(C(C)(O)c2cc3cccc(C)c3o2)c1. The fourth-order valence-corrected chi connectivity index (χ4v) is 2.84. The van der Waals surface area contributed by atoms with E-state index in [1.54, 1.807) is 6.92 Å². The van der Waals surface area contributed by atoms with Crippen molar-refractivity contribution in [2.45, 2.75) is 33.3 Å². The van der Waals surface area contributed by atoms with Crippen LogP contribution in [-0.4, -0.2) is 5.11 Å². The number of furan rings is 1. The van der Waals surface area contributed by atoms with Crippen LogP contribution in [0.15, 0.2) is 46.9 Å². The third-order valence-corrected chi connectivity index (χ3v) is 4.14. The quantitative estimate of drug-likeness (QED) is 0.743. The maximum atomic E-state index is 11.1. The van der Waals surface area contributed by atoms with Crippen LogP contribution in [0.1, 0.15) is 34.9 Å². The summed E-state index contributed by atoms with van der Waals surface area (Å²) in [4.78, 5) is 0. The van der Waals surface area contributed by atoms with Gasteiger partial charge in [-0.1, -0.05) is 42.0 Å². The van der Waals surface area contributed by atoms with Crippen LogP contribution in [0.25, 0.3) is 11.0 Å². The summed E-state index contributed by atoms with van der Waals surface area (Å²) in [5.41, 5.74) is 3.86. The van der Waals surface area contributed by atoms with Crippen LogP contribution in [0.2, 0.25) is 0 Å². The number of rotatable bonds is 2. The molecule has 0 aliphatic carbocycles. The maximum absolute atomic E-state index is 11.1. The first-order valence-electron chi connectivity index (χ1n) is 7.19. The van der Waals surface area contributed by atoms with Gasteiger partial charge in [0.25, 0.3) is 0 Å². The lowest BCUT2D eigenvalue weighted by atomic mass is 9.88. The Bertz CT molecular complexity index is 810. The molecule has 0 aliphatic rings. The van der Waals surface area contributed by atoms with Crippen molar-refractivity contribution in [1.82, 2.24) is 0 Å². The molecular formula is C19H20O2. The summed E-state index contributed by atoms with van der Waals surface area (Å²) >= 11 is 0. The third-order valence-electron chi connectivity index (χ3n) is 4.14. The second-order valence-electron chi connectivity index (χ2n) is 5.99. The summed E-state index contributed by atoms with van der Waals surface area (Å²) in [6.45, 7) is 7.85. The smallest absolute Gasteiger partial charge is 0.144 e. The van der Waals surface area contributed by atoms with Crippen LogP contribution < -0.4 is 0 Å². The predicted octanol–water partition coefficient (Wildman–Crippen LogP) is 4.61. The topological polar surface area (TPSA) is 33.4 Å². The van der Waals surface area contributed by atoms with E-state index in [2.05, 4.69) is 6.07 Å². The molecule has 3 rings (SSSR count). The van der Waals surface area contributed by atoms with E-state index in [0.29, 0.717) is 5.76 Å². The molecule has 0 bridgehead atoms. The van der Waals surface area contributed by atoms with E-state index >= 15 is 0 Å². The minimum Gasteiger partial charge on any atom is -0.457 e. The Morgan fingerprint density at radius 3 is 2.43 bits per heavy atom. The van der Waals surface area contributed by atoms with Crippen LogP contribution in [0.3, 0.4) is 0 Å². The molecule has 1 atom stereocenters. The van der Waals surface area contributed by atoms with Crippen molar-refractivity contribution in [2.75, 3.05) is 0 Å². The number of aryl methyl sites for hydroxylation is 3. The largest absolute Gasteiger partial charge is 0.457 e. The van der Waals surface area contributed by atoms with Crippen molar-refractivity contribution in [1.29, 1.82) is 0 Å². The number of hydrogen-bond acceptors (Lipinski definition) is 2. The zero-order valence-corrected chi connectivity index (χ0v) is 12.9. The molecule has 2 aromatic carbocycles. The van der Waals surface area contributed by atoms with Gasteiger partial charge in [0.05, 0.1) is 0 Å². The number of para-hydroxylation sites is 1. The lowest BCUT2D eigenvalue weighted by molar-refractivity contribution is 0.0779. The number of hydrogen-bond donors (Lipinski definition) is 1. The zero-order valence-electron chi connectivity index (χ0n) is 12.9.